The van der Waals surface area contributed by atoms with Gasteiger partial charge in [-0.1, -0.05) is 34.4 Å². The van der Waals surface area contributed by atoms with Crippen LogP contribution in [0, 0.1) is 18.3 Å². The molecule has 0 saturated heterocycles. The number of nitrogens with zero attached hydrogens (tertiary/aromatic N) is 2. The van der Waals surface area contributed by atoms with Crippen LogP contribution in [0.25, 0.3) is 0 Å². The number of rotatable bonds is 5. The van der Waals surface area contributed by atoms with E-state index in [0.29, 0.717) is 21.6 Å². The van der Waals surface area contributed by atoms with Gasteiger partial charge in [0.25, 0.3) is 11.5 Å². The normalized spacial score (nSPS) is 17.9. The zero-order valence-electron chi connectivity index (χ0n) is 18.9. The largest absolute Gasteiger partial charge is 0.435 e. The predicted octanol–water partition coefficient (Wildman–Crippen LogP) is 6.21. The van der Waals surface area contributed by atoms with Gasteiger partial charge in [-0.25, -0.2) is 4.21 Å². The van der Waals surface area contributed by atoms with E-state index in [0.717, 1.165) is 12.1 Å². The Hall–Kier alpha value is -3.39. The quantitative estimate of drug-likeness (QED) is 0.398. The Morgan fingerprint density at radius 1 is 1.11 bits per heavy atom. The Kier molecular flexibility index (Phi) is 7.33. The molecule has 37 heavy (non-hydrogen) atoms. The molecule has 190 valence electrons. The highest BCUT2D eigenvalue weighted by atomic mass is 35.5. The summed E-state index contributed by atoms with van der Waals surface area (Å²) in [5.41, 5.74) is -1.75. The second-order valence-corrected chi connectivity index (χ2v) is 10.2. The zero-order valence-corrected chi connectivity index (χ0v) is 21.2. The molecule has 0 aliphatic carbocycles. The standard InChI is InChI=1S/C25H16Cl2F3N3O3S/c1-14-8-16(4-7-21(14)23(34)33-37(35)20-5-2-15(13-31)3-6-20)22-12-24(36-32-22,25(28,29)30)17-9-18(26)11-19(27)10-17/h2-11H,12H2,1H3,(H,33,34). The molecule has 3 aromatic carbocycles. The molecule has 1 aliphatic heterocycles. The Balaban J connectivity index is 1.55. The fourth-order valence-corrected chi connectivity index (χ4v) is 5.10. The highest BCUT2D eigenvalue weighted by molar-refractivity contribution is 7.83. The number of alkyl halides is 3. The summed E-state index contributed by atoms with van der Waals surface area (Å²) in [6.45, 7) is 1.59. The predicted molar refractivity (Wildman–Crippen MR) is 133 cm³/mol. The number of hydrogen-bond donors (Lipinski definition) is 1. The van der Waals surface area contributed by atoms with Crippen molar-refractivity contribution in [2.75, 3.05) is 0 Å². The number of nitrogens with one attached hydrogen (secondary N) is 1. The second-order valence-electron chi connectivity index (χ2n) is 8.15. The highest BCUT2D eigenvalue weighted by Gasteiger charge is 2.62. The van der Waals surface area contributed by atoms with Gasteiger partial charge in [-0.05, 0) is 72.6 Å². The van der Waals surface area contributed by atoms with Crippen molar-refractivity contribution in [1.82, 2.24) is 4.72 Å². The highest BCUT2D eigenvalue weighted by Crippen LogP contribution is 2.49. The SMILES string of the molecule is Cc1cc(C2=NOC(c3cc(Cl)cc(Cl)c3)(C(F)(F)F)C2)ccc1C(=O)NS(=O)c1ccc(C#N)cc1. The number of carbonyl (C=O) groups is 1. The average molecular weight is 566 g/mol. The number of oxime groups is 1. The molecule has 0 saturated carbocycles. The van der Waals surface area contributed by atoms with Crippen molar-refractivity contribution < 1.29 is 27.0 Å². The molecular weight excluding hydrogens is 550 g/mol. The van der Waals surface area contributed by atoms with E-state index in [9.17, 15) is 22.2 Å². The maximum atomic E-state index is 14.2. The number of carbonyl (C=O) groups excluding carboxylic acids is 1. The van der Waals surface area contributed by atoms with E-state index in [1.165, 1.54) is 48.5 Å². The molecule has 0 spiro atoms. The number of hydrogen-bond acceptors (Lipinski definition) is 5. The van der Waals surface area contributed by atoms with Gasteiger partial charge in [-0.3, -0.25) is 9.52 Å². The van der Waals surface area contributed by atoms with Gasteiger partial charge in [0.05, 0.1) is 22.2 Å². The molecule has 2 unspecified atom stereocenters. The van der Waals surface area contributed by atoms with Crippen molar-refractivity contribution in [3.05, 3.63) is 98.5 Å². The molecule has 12 heteroatoms. The fourth-order valence-electron chi connectivity index (χ4n) is 3.79. The molecule has 4 rings (SSSR count). The van der Waals surface area contributed by atoms with Crippen LogP contribution in [0.15, 0.2) is 70.7 Å². The van der Waals surface area contributed by atoms with Gasteiger partial charge in [-0.15, -0.1) is 0 Å². The minimum atomic E-state index is -4.84. The van der Waals surface area contributed by atoms with E-state index in [4.69, 9.17) is 33.3 Å². The maximum absolute atomic E-state index is 14.2. The first-order chi connectivity index (χ1) is 17.4. The van der Waals surface area contributed by atoms with Gasteiger partial charge in [0.15, 0.2) is 11.0 Å². The van der Waals surface area contributed by atoms with Gasteiger partial charge < -0.3 is 4.84 Å². The second kappa shape index (κ2) is 10.2. The van der Waals surface area contributed by atoms with Crippen molar-refractivity contribution in [1.29, 1.82) is 5.26 Å². The summed E-state index contributed by atoms with van der Waals surface area (Å²) in [5.74, 6) is -0.644. The number of amides is 1. The first-order valence-electron chi connectivity index (χ1n) is 10.6. The van der Waals surface area contributed by atoms with Crippen molar-refractivity contribution >= 4 is 45.8 Å². The van der Waals surface area contributed by atoms with E-state index in [1.54, 1.807) is 6.92 Å². The number of halogens is 5. The number of nitriles is 1. The van der Waals surface area contributed by atoms with Gasteiger partial charge in [0.1, 0.15) is 0 Å². The third kappa shape index (κ3) is 5.34. The lowest BCUT2D eigenvalue weighted by Crippen LogP contribution is -2.42. The molecule has 3 aromatic rings. The molecule has 0 radical (unpaired) electrons. The van der Waals surface area contributed by atoms with Gasteiger partial charge in [0, 0.05) is 27.6 Å². The fraction of sp³-hybridized carbons (Fsp3) is 0.160. The van der Waals surface area contributed by atoms with Crippen LogP contribution in [0.1, 0.15) is 39.0 Å². The summed E-state index contributed by atoms with van der Waals surface area (Å²) in [6.07, 6.45) is -5.47. The van der Waals surface area contributed by atoms with Crippen LogP contribution < -0.4 is 4.72 Å². The van der Waals surface area contributed by atoms with Gasteiger partial charge in [-0.2, -0.15) is 18.4 Å². The van der Waals surface area contributed by atoms with E-state index < -0.39 is 35.1 Å². The lowest BCUT2D eigenvalue weighted by molar-refractivity contribution is -0.275. The average Bonchev–Trinajstić information content (AvgIpc) is 3.30. The minimum absolute atomic E-state index is 0.0182. The van der Waals surface area contributed by atoms with Crippen molar-refractivity contribution in [2.45, 2.75) is 30.0 Å². The Morgan fingerprint density at radius 2 is 1.76 bits per heavy atom. The Morgan fingerprint density at radius 3 is 2.32 bits per heavy atom. The first kappa shape index (κ1) is 26.7. The lowest BCUT2D eigenvalue weighted by atomic mass is 9.86. The van der Waals surface area contributed by atoms with E-state index >= 15 is 0 Å². The maximum Gasteiger partial charge on any atom is 0.435 e. The van der Waals surface area contributed by atoms with Crippen molar-refractivity contribution in [3.63, 3.8) is 0 Å². The Bertz CT molecular complexity index is 1470. The van der Waals surface area contributed by atoms with Crippen LogP contribution in [0.4, 0.5) is 13.2 Å². The minimum Gasteiger partial charge on any atom is -0.374 e. The zero-order chi connectivity index (χ0) is 27.0. The van der Waals surface area contributed by atoms with Crippen LogP contribution in [0.2, 0.25) is 10.0 Å². The summed E-state index contributed by atoms with van der Waals surface area (Å²) in [7, 11) is -1.88. The summed E-state index contributed by atoms with van der Waals surface area (Å²) in [6, 6.07) is 15.7. The van der Waals surface area contributed by atoms with Gasteiger partial charge >= 0.3 is 6.18 Å². The van der Waals surface area contributed by atoms with Crippen LogP contribution >= 0.6 is 23.2 Å². The van der Waals surface area contributed by atoms with Crippen LogP contribution in [-0.2, 0) is 21.4 Å². The molecule has 0 fully saturated rings. The van der Waals surface area contributed by atoms with Crippen LogP contribution in [0.3, 0.4) is 0 Å². The molecule has 1 aliphatic rings. The third-order valence-corrected chi connectivity index (χ3v) is 7.21. The van der Waals surface area contributed by atoms with Crippen LogP contribution in [0.5, 0.6) is 0 Å². The molecule has 0 bridgehead atoms. The van der Waals surface area contributed by atoms with Crippen molar-refractivity contribution in [3.8, 4) is 6.07 Å². The lowest BCUT2D eigenvalue weighted by Gasteiger charge is -2.29. The van der Waals surface area contributed by atoms with Crippen molar-refractivity contribution in [2.24, 2.45) is 5.16 Å². The molecule has 1 N–H and O–H groups in total. The summed E-state index contributed by atoms with van der Waals surface area (Å²) < 4.78 is 57.5. The number of benzene rings is 3. The summed E-state index contributed by atoms with van der Waals surface area (Å²) in [5, 5.41) is 12.6. The molecule has 6 nitrogen and oxygen atoms in total. The number of aryl methyl sites for hydroxylation is 1. The van der Waals surface area contributed by atoms with Crippen LogP contribution in [-0.4, -0.2) is 22.0 Å². The van der Waals surface area contributed by atoms with Gasteiger partial charge in [0.2, 0.25) is 0 Å². The monoisotopic (exact) mass is 565 g/mol. The summed E-state index contributed by atoms with van der Waals surface area (Å²) in [4.78, 5) is 18.0. The molecule has 2 atom stereocenters. The summed E-state index contributed by atoms with van der Waals surface area (Å²) >= 11 is 11.9. The van der Waals surface area contributed by atoms with E-state index in [1.807, 2.05) is 6.07 Å². The van der Waals surface area contributed by atoms with E-state index in [2.05, 4.69) is 9.88 Å². The topological polar surface area (TPSA) is 91.5 Å². The molecule has 1 heterocycles. The molecule has 1 amide bonds. The molecular formula is C25H16Cl2F3N3O3S. The smallest absolute Gasteiger partial charge is 0.374 e. The molecule has 0 aromatic heterocycles. The Labute approximate surface area is 222 Å². The first-order valence-corrected chi connectivity index (χ1v) is 12.5. The third-order valence-electron chi connectivity index (χ3n) is 5.70. The van der Waals surface area contributed by atoms with E-state index in [-0.39, 0.29) is 26.9 Å².